The third kappa shape index (κ3) is 4.35. The van der Waals surface area contributed by atoms with Gasteiger partial charge in [-0.25, -0.2) is 0 Å². The molecule has 0 radical (unpaired) electrons. The van der Waals surface area contributed by atoms with Gasteiger partial charge in [-0.3, -0.25) is 14.5 Å². The molecule has 2 aliphatic heterocycles. The Morgan fingerprint density at radius 3 is 2.21 bits per heavy atom. The summed E-state index contributed by atoms with van der Waals surface area (Å²) in [5, 5.41) is 9.33. The molecule has 5 heteroatoms. The van der Waals surface area contributed by atoms with E-state index in [1.807, 2.05) is 12.1 Å². The Labute approximate surface area is 171 Å². The SMILES string of the molecule is O=C(O)C1CC(=O)N(CC2(c3ccccc3)CCN(Cc3ccccc3)CC2)C1. The summed E-state index contributed by atoms with van der Waals surface area (Å²) in [6.07, 6.45) is 2.05. The van der Waals surface area contributed by atoms with Crippen LogP contribution in [0.2, 0.25) is 0 Å². The van der Waals surface area contributed by atoms with Gasteiger partial charge < -0.3 is 10.0 Å². The van der Waals surface area contributed by atoms with E-state index in [0.717, 1.165) is 32.5 Å². The number of benzene rings is 2. The first-order chi connectivity index (χ1) is 14.1. The van der Waals surface area contributed by atoms with Crippen LogP contribution in [0.3, 0.4) is 0 Å². The maximum Gasteiger partial charge on any atom is 0.308 e. The second-order valence-corrected chi connectivity index (χ2v) is 8.42. The number of carboxylic acids is 1. The summed E-state index contributed by atoms with van der Waals surface area (Å²) in [7, 11) is 0. The molecule has 2 aromatic carbocycles. The topological polar surface area (TPSA) is 60.9 Å². The number of carbonyl (C=O) groups excluding carboxylic acids is 1. The summed E-state index contributed by atoms with van der Waals surface area (Å²) in [6, 6.07) is 20.9. The van der Waals surface area contributed by atoms with E-state index in [4.69, 9.17) is 0 Å². The number of nitrogens with zero attached hydrogens (tertiary/aromatic N) is 2. The molecule has 1 N–H and O–H groups in total. The Morgan fingerprint density at radius 2 is 1.62 bits per heavy atom. The van der Waals surface area contributed by atoms with Crippen molar-refractivity contribution in [3.8, 4) is 0 Å². The van der Waals surface area contributed by atoms with Crippen molar-refractivity contribution in [2.75, 3.05) is 26.2 Å². The standard InChI is InChI=1S/C24H28N2O3/c27-22-15-20(23(28)29)17-26(22)18-24(21-9-5-2-6-10-21)11-13-25(14-12-24)16-19-7-3-1-4-8-19/h1-10,20H,11-18H2,(H,28,29). The number of likely N-dealkylation sites (tertiary alicyclic amines) is 2. The van der Waals surface area contributed by atoms with Gasteiger partial charge in [0.05, 0.1) is 5.92 Å². The van der Waals surface area contributed by atoms with Gasteiger partial charge in [-0.2, -0.15) is 0 Å². The summed E-state index contributed by atoms with van der Waals surface area (Å²) in [5.74, 6) is -1.47. The highest BCUT2D eigenvalue weighted by Gasteiger charge is 2.42. The zero-order chi connectivity index (χ0) is 20.3. The Kier molecular flexibility index (Phi) is 5.67. The van der Waals surface area contributed by atoms with E-state index >= 15 is 0 Å². The van der Waals surface area contributed by atoms with E-state index in [1.165, 1.54) is 11.1 Å². The zero-order valence-electron chi connectivity index (χ0n) is 16.7. The number of hydrogen-bond donors (Lipinski definition) is 1. The minimum atomic E-state index is -0.868. The quantitative estimate of drug-likeness (QED) is 0.820. The molecular formula is C24H28N2O3. The molecule has 0 saturated carbocycles. The van der Waals surface area contributed by atoms with Crippen LogP contribution >= 0.6 is 0 Å². The summed E-state index contributed by atoms with van der Waals surface area (Å²) in [6.45, 7) is 3.81. The summed E-state index contributed by atoms with van der Waals surface area (Å²) in [4.78, 5) is 28.1. The van der Waals surface area contributed by atoms with Gasteiger partial charge in [0.25, 0.3) is 0 Å². The predicted molar refractivity (Wildman–Crippen MR) is 111 cm³/mol. The van der Waals surface area contributed by atoms with E-state index in [9.17, 15) is 14.7 Å². The van der Waals surface area contributed by atoms with Crippen molar-refractivity contribution < 1.29 is 14.7 Å². The number of carbonyl (C=O) groups is 2. The van der Waals surface area contributed by atoms with E-state index in [-0.39, 0.29) is 17.7 Å². The molecule has 0 spiro atoms. The lowest BCUT2D eigenvalue weighted by Crippen LogP contribution is -2.49. The molecule has 29 heavy (non-hydrogen) atoms. The van der Waals surface area contributed by atoms with Crippen LogP contribution in [0.5, 0.6) is 0 Å². The Hall–Kier alpha value is -2.66. The van der Waals surface area contributed by atoms with Crippen molar-refractivity contribution in [1.29, 1.82) is 0 Å². The van der Waals surface area contributed by atoms with Crippen molar-refractivity contribution >= 4 is 11.9 Å². The third-order valence-electron chi connectivity index (χ3n) is 6.51. The summed E-state index contributed by atoms with van der Waals surface area (Å²) < 4.78 is 0. The number of aliphatic carboxylic acids is 1. The molecule has 0 aliphatic carbocycles. The Balaban J connectivity index is 1.50. The molecule has 0 bridgehead atoms. The minimum absolute atomic E-state index is 0.0283. The third-order valence-corrected chi connectivity index (χ3v) is 6.51. The largest absolute Gasteiger partial charge is 0.481 e. The monoisotopic (exact) mass is 392 g/mol. The van der Waals surface area contributed by atoms with Crippen molar-refractivity contribution in [3.63, 3.8) is 0 Å². The number of piperidine rings is 1. The van der Waals surface area contributed by atoms with Gasteiger partial charge in [-0.15, -0.1) is 0 Å². The molecule has 0 aromatic heterocycles. The molecule has 1 atom stereocenters. The van der Waals surface area contributed by atoms with Gasteiger partial charge in [-0.1, -0.05) is 60.7 Å². The average molecular weight is 392 g/mol. The van der Waals surface area contributed by atoms with Crippen LogP contribution in [0.4, 0.5) is 0 Å². The lowest BCUT2D eigenvalue weighted by Gasteiger charge is -2.44. The molecule has 2 heterocycles. The Bertz CT molecular complexity index is 845. The first kappa shape index (κ1) is 19.6. The molecule has 2 aliphatic rings. The molecule has 2 saturated heterocycles. The fraction of sp³-hybridized carbons (Fsp3) is 0.417. The number of hydrogen-bond acceptors (Lipinski definition) is 3. The normalized spacial score (nSPS) is 22.0. The molecule has 5 nitrogen and oxygen atoms in total. The summed E-state index contributed by atoms with van der Waals surface area (Å²) in [5.41, 5.74) is 2.46. The molecular weight excluding hydrogens is 364 g/mol. The van der Waals surface area contributed by atoms with Gasteiger partial charge in [0.2, 0.25) is 5.91 Å². The van der Waals surface area contributed by atoms with Crippen molar-refractivity contribution in [1.82, 2.24) is 9.80 Å². The first-order valence-corrected chi connectivity index (χ1v) is 10.4. The smallest absolute Gasteiger partial charge is 0.308 e. The fourth-order valence-electron chi connectivity index (χ4n) is 4.77. The van der Waals surface area contributed by atoms with Gasteiger partial charge >= 0.3 is 5.97 Å². The lowest BCUT2D eigenvalue weighted by atomic mass is 9.72. The van der Waals surface area contributed by atoms with Crippen LogP contribution in [0.15, 0.2) is 60.7 Å². The maximum absolute atomic E-state index is 12.5. The first-order valence-electron chi connectivity index (χ1n) is 10.4. The minimum Gasteiger partial charge on any atom is -0.481 e. The van der Waals surface area contributed by atoms with Crippen LogP contribution < -0.4 is 0 Å². The fourth-order valence-corrected chi connectivity index (χ4v) is 4.77. The highest BCUT2D eigenvalue weighted by molar-refractivity contribution is 5.86. The molecule has 1 unspecified atom stereocenters. The van der Waals surface area contributed by atoms with Gasteiger partial charge in [0.1, 0.15) is 0 Å². The second-order valence-electron chi connectivity index (χ2n) is 8.42. The molecule has 2 aromatic rings. The van der Waals surface area contributed by atoms with Gasteiger partial charge in [-0.05, 0) is 37.1 Å². The number of amides is 1. The second kappa shape index (κ2) is 8.37. The van der Waals surface area contributed by atoms with E-state index < -0.39 is 11.9 Å². The van der Waals surface area contributed by atoms with E-state index in [2.05, 4.69) is 53.4 Å². The van der Waals surface area contributed by atoms with Gasteiger partial charge in [0, 0.05) is 31.5 Å². The van der Waals surface area contributed by atoms with Crippen molar-refractivity contribution in [3.05, 3.63) is 71.8 Å². The van der Waals surface area contributed by atoms with Crippen molar-refractivity contribution in [2.45, 2.75) is 31.2 Å². The Morgan fingerprint density at radius 1 is 1.00 bits per heavy atom. The van der Waals surface area contributed by atoms with Crippen LogP contribution in [0.25, 0.3) is 0 Å². The lowest BCUT2D eigenvalue weighted by molar-refractivity contribution is -0.141. The zero-order valence-corrected chi connectivity index (χ0v) is 16.7. The average Bonchev–Trinajstić information content (AvgIpc) is 3.11. The molecule has 2 fully saturated rings. The van der Waals surface area contributed by atoms with Crippen LogP contribution in [0.1, 0.15) is 30.4 Å². The maximum atomic E-state index is 12.5. The highest BCUT2D eigenvalue weighted by Crippen LogP contribution is 2.38. The van der Waals surface area contributed by atoms with Crippen molar-refractivity contribution in [2.24, 2.45) is 5.92 Å². The number of carboxylic acid groups (broad SMARTS) is 1. The van der Waals surface area contributed by atoms with Crippen LogP contribution in [-0.4, -0.2) is 53.0 Å². The van der Waals surface area contributed by atoms with Crippen LogP contribution in [-0.2, 0) is 21.5 Å². The molecule has 4 rings (SSSR count). The van der Waals surface area contributed by atoms with E-state index in [0.29, 0.717) is 13.1 Å². The molecule has 1 amide bonds. The van der Waals surface area contributed by atoms with Crippen LogP contribution in [0, 0.1) is 5.92 Å². The summed E-state index contributed by atoms with van der Waals surface area (Å²) >= 11 is 0. The number of rotatable bonds is 6. The highest BCUT2D eigenvalue weighted by atomic mass is 16.4. The van der Waals surface area contributed by atoms with E-state index in [1.54, 1.807) is 4.90 Å². The predicted octanol–water partition coefficient (Wildman–Crippen LogP) is 3.15. The van der Waals surface area contributed by atoms with Gasteiger partial charge in [0.15, 0.2) is 0 Å². The molecule has 152 valence electrons.